The molecule has 0 aliphatic carbocycles. The number of nitrogens with two attached hydrogens (primary N) is 1. The van der Waals surface area contributed by atoms with Crippen molar-refractivity contribution in [3.05, 3.63) is 93.4 Å². The van der Waals surface area contributed by atoms with Crippen molar-refractivity contribution in [1.82, 2.24) is 19.7 Å². The second kappa shape index (κ2) is 10.6. The van der Waals surface area contributed by atoms with E-state index in [0.29, 0.717) is 11.3 Å². The zero-order valence-electron chi connectivity index (χ0n) is 19.3. The molecule has 3 aromatic carbocycles. The zero-order valence-corrected chi connectivity index (χ0v) is 20.0. The van der Waals surface area contributed by atoms with Gasteiger partial charge < -0.3 is 25.6 Å². The molecule has 1 atom stereocenters. The van der Waals surface area contributed by atoms with Crippen molar-refractivity contribution in [2.45, 2.75) is 6.23 Å². The third-order valence-corrected chi connectivity index (χ3v) is 5.82. The second-order valence-electron chi connectivity index (χ2n) is 7.86. The lowest BCUT2D eigenvalue weighted by Crippen LogP contribution is -2.34. The summed E-state index contributed by atoms with van der Waals surface area (Å²) in [4.78, 5) is 27.4. The van der Waals surface area contributed by atoms with Crippen LogP contribution in [-0.4, -0.2) is 56.0 Å². The number of rotatable bonds is 8. The lowest BCUT2D eigenvalue weighted by atomic mass is 10.1. The Hall–Kier alpha value is -4.12. The van der Waals surface area contributed by atoms with E-state index in [1.807, 2.05) is 18.2 Å². The molecule has 186 valence electrons. The fourth-order valence-corrected chi connectivity index (χ4v) is 4.01. The SMILES string of the molecule is CN(C(=O)c1cc(-c2n[nH]c(=O)n2-c2ccccc2Cl)c(O)cc1O)C(OCCN)c1ccccc1. The quantitative estimate of drug-likeness (QED) is 0.267. The van der Waals surface area contributed by atoms with Crippen molar-refractivity contribution >= 4 is 17.5 Å². The van der Waals surface area contributed by atoms with Gasteiger partial charge in [0.1, 0.15) is 11.5 Å². The minimum atomic E-state index is -0.786. The first-order valence-electron chi connectivity index (χ1n) is 11.0. The Morgan fingerprint density at radius 2 is 1.83 bits per heavy atom. The summed E-state index contributed by atoms with van der Waals surface area (Å²) in [6, 6.07) is 18.0. The highest BCUT2D eigenvalue weighted by Gasteiger charge is 2.28. The number of ether oxygens (including phenoxy) is 1. The standard InChI is InChI=1S/C25H24ClN5O5/c1-30(24(36-12-11-27)15-7-3-2-4-8-15)23(34)17-13-16(20(32)14-21(17)33)22-28-29-25(35)31(22)19-10-6-5-9-18(19)26/h2-10,13-14,24,32-33H,11-12,27H2,1H3,(H,29,35). The molecule has 4 rings (SSSR count). The third-order valence-electron chi connectivity index (χ3n) is 5.50. The molecular weight excluding hydrogens is 486 g/mol. The molecule has 36 heavy (non-hydrogen) atoms. The van der Waals surface area contributed by atoms with Gasteiger partial charge in [-0.15, -0.1) is 0 Å². The number of amides is 1. The zero-order chi connectivity index (χ0) is 25.8. The maximum Gasteiger partial charge on any atom is 0.348 e. The van der Waals surface area contributed by atoms with Gasteiger partial charge in [-0.25, -0.2) is 14.5 Å². The number of aromatic nitrogens is 3. The molecule has 0 saturated heterocycles. The lowest BCUT2D eigenvalue weighted by molar-refractivity contribution is -0.0349. The summed E-state index contributed by atoms with van der Waals surface area (Å²) < 4.78 is 7.00. The van der Waals surface area contributed by atoms with Crippen LogP contribution in [0, 0.1) is 0 Å². The molecule has 4 aromatic rings. The fraction of sp³-hybridized carbons (Fsp3) is 0.160. The van der Waals surface area contributed by atoms with Gasteiger partial charge in [0, 0.05) is 25.2 Å². The molecule has 0 radical (unpaired) electrons. The van der Waals surface area contributed by atoms with E-state index in [-0.39, 0.29) is 35.1 Å². The average Bonchev–Trinajstić information content (AvgIpc) is 3.25. The van der Waals surface area contributed by atoms with Crippen molar-refractivity contribution in [2.75, 3.05) is 20.2 Å². The average molecular weight is 510 g/mol. The fourth-order valence-electron chi connectivity index (χ4n) is 3.79. The molecule has 5 N–H and O–H groups in total. The number of aromatic hydroxyl groups is 2. The summed E-state index contributed by atoms with van der Waals surface area (Å²) in [5.41, 5.74) is 5.92. The predicted molar refractivity (Wildman–Crippen MR) is 134 cm³/mol. The van der Waals surface area contributed by atoms with Crippen molar-refractivity contribution in [3.8, 4) is 28.6 Å². The number of phenolic OH excluding ortho intramolecular Hbond substituents is 2. The third kappa shape index (κ3) is 4.82. The molecule has 0 bridgehead atoms. The van der Waals surface area contributed by atoms with Crippen LogP contribution in [-0.2, 0) is 4.74 Å². The molecule has 10 nitrogen and oxygen atoms in total. The second-order valence-corrected chi connectivity index (χ2v) is 8.27. The Morgan fingerprint density at radius 1 is 1.14 bits per heavy atom. The molecule has 1 amide bonds. The topological polar surface area (TPSA) is 147 Å². The van der Waals surface area contributed by atoms with E-state index in [9.17, 15) is 19.8 Å². The highest BCUT2D eigenvalue weighted by atomic mass is 35.5. The number of H-pyrrole nitrogens is 1. The van der Waals surface area contributed by atoms with Crippen LogP contribution >= 0.6 is 11.6 Å². The highest BCUT2D eigenvalue weighted by Crippen LogP contribution is 2.36. The molecule has 0 aliphatic heterocycles. The number of hydrogen-bond donors (Lipinski definition) is 4. The van der Waals surface area contributed by atoms with Gasteiger partial charge in [-0.1, -0.05) is 54.1 Å². The Balaban J connectivity index is 1.78. The molecule has 1 aromatic heterocycles. The summed E-state index contributed by atoms with van der Waals surface area (Å²) in [5.74, 6) is -1.44. The van der Waals surface area contributed by atoms with Crippen molar-refractivity contribution in [1.29, 1.82) is 0 Å². The van der Waals surface area contributed by atoms with Crippen LogP contribution in [0.2, 0.25) is 5.02 Å². The Morgan fingerprint density at radius 3 is 2.53 bits per heavy atom. The number of benzene rings is 3. The van der Waals surface area contributed by atoms with Gasteiger partial charge in [-0.2, -0.15) is 5.10 Å². The van der Waals surface area contributed by atoms with E-state index < -0.39 is 29.3 Å². The van der Waals surface area contributed by atoms with E-state index in [1.54, 1.807) is 36.4 Å². The van der Waals surface area contributed by atoms with Crippen LogP contribution in [0.1, 0.15) is 22.1 Å². The Kier molecular flexibility index (Phi) is 7.39. The predicted octanol–water partition coefficient (Wildman–Crippen LogP) is 3.04. The van der Waals surface area contributed by atoms with Crippen LogP contribution in [0.5, 0.6) is 11.5 Å². The van der Waals surface area contributed by atoms with Gasteiger partial charge in [-0.3, -0.25) is 4.79 Å². The molecule has 11 heteroatoms. The van der Waals surface area contributed by atoms with E-state index in [2.05, 4.69) is 10.2 Å². The summed E-state index contributed by atoms with van der Waals surface area (Å²) in [6.45, 7) is 0.445. The van der Waals surface area contributed by atoms with Crippen LogP contribution in [0.25, 0.3) is 17.1 Å². The van der Waals surface area contributed by atoms with Crippen LogP contribution in [0.15, 0.2) is 71.5 Å². The summed E-state index contributed by atoms with van der Waals surface area (Å²) in [7, 11) is 1.52. The number of para-hydroxylation sites is 1. The monoisotopic (exact) mass is 509 g/mol. The summed E-state index contributed by atoms with van der Waals surface area (Å²) >= 11 is 6.28. The summed E-state index contributed by atoms with van der Waals surface area (Å²) in [6.07, 6.45) is -0.786. The van der Waals surface area contributed by atoms with Crippen LogP contribution in [0.3, 0.4) is 0 Å². The maximum atomic E-state index is 13.5. The first kappa shape index (κ1) is 25.0. The van der Waals surface area contributed by atoms with Crippen LogP contribution in [0.4, 0.5) is 0 Å². The number of aromatic amines is 1. The highest BCUT2D eigenvalue weighted by molar-refractivity contribution is 6.32. The van der Waals surface area contributed by atoms with Crippen molar-refractivity contribution in [3.63, 3.8) is 0 Å². The first-order chi connectivity index (χ1) is 17.3. The smallest absolute Gasteiger partial charge is 0.348 e. The number of phenols is 2. The van der Waals surface area contributed by atoms with E-state index in [4.69, 9.17) is 22.1 Å². The van der Waals surface area contributed by atoms with E-state index in [1.165, 1.54) is 22.6 Å². The Labute approximate surface area is 211 Å². The number of carbonyl (C=O) groups excluding carboxylic acids is 1. The molecule has 1 heterocycles. The van der Waals surface area contributed by atoms with E-state index >= 15 is 0 Å². The summed E-state index contributed by atoms with van der Waals surface area (Å²) in [5, 5.41) is 27.8. The van der Waals surface area contributed by atoms with Gasteiger partial charge in [0.15, 0.2) is 12.1 Å². The molecule has 0 aliphatic rings. The Bertz CT molecular complexity index is 1440. The number of carbonyl (C=O) groups is 1. The number of nitrogens with zero attached hydrogens (tertiary/aromatic N) is 3. The molecule has 1 unspecified atom stereocenters. The van der Waals surface area contributed by atoms with E-state index in [0.717, 1.165) is 6.07 Å². The number of hydrogen-bond acceptors (Lipinski definition) is 7. The number of halogens is 1. The lowest BCUT2D eigenvalue weighted by Gasteiger charge is -2.29. The van der Waals surface area contributed by atoms with Crippen molar-refractivity contribution in [2.24, 2.45) is 5.73 Å². The normalized spacial score (nSPS) is 11.9. The van der Waals surface area contributed by atoms with Crippen molar-refractivity contribution < 1.29 is 19.7 Å². The molecule has 0 saturated carbocycles. The van der Waals surface area contributed by atoms with Gasteiger partial charge in [0.2, 0.25) is 0 Å². The largest absolute Gasteiger partial charge is 0.507 e. The number of nitrogens with one attached hydrogen (secondary N) is 1. The maximum absolute atomic E-state index is 13.5. The first-order valence-corrected chi connectivity index (χ1v) is 11.3. The minimum absolute atomic E-state index is 0.00120. The molecular formula is C25H24ClN5O5. The molecule has 0 spiro atoms. The van der Waals surface area contributed by atoms with Crippen LogP contribution < -0.4 is 11.4 Å². The van der Waals surface area contributed by atoms with Gasteiger partial charge in [0.25, 0.3) is 5.91 Å². The molecule has 0 fully saturated rings. The minimum Gasteiger partial charge on any atom is -0.507 e. The van der Waals surface area contributed by atoms with Gasteiger partial charge in [0.05, 0.1) is 28.4 Å². The van der Waals surface area contributed by atoms with Gasteiger partial charge >= 0.3 is 5.69 Å². The van der Waals surface area contributed by atoms with Gasteiger partial charge in [-0.05, 0) is 18.2 Å².